The van der Waals surface area contributed by atoms with Gasteiger partial charge >= 0.3 is 5.97 Å². The molecule has 3 aromatic rings. The van der Waals surface area contributed by atoms with Crippen molar-refractivity contribution in [2.45, 2.75) is 20.1 Å². The molecule has 0 fully saturated rings. The van der Waals surface area contributed by atoms with Crippen LogP contribution in [0.1, 0.15) is 12.5 Å². The van der Waals surface area contributed by atoms with E-state index >= 15 is 0 Å². The van der Waals surface area contributed by atoms with Gasteiger partial charge in [0.1, 0.15) is 6.61 Å². The van der Waals surface area contributed by atoms with Crippen molar-refractivity contribution in [3.8, 4) is 0 Å². The van der Waals surface area contributed by atoms with Crippen LogP contribution in [0.4, 0.5) is 5.69 Å². The van der Waals surface area contributed by atoms with E-state index in [1.165, 1.54) is 6.07 Å². The van der Waals surface area contributed by atoms with Gasteiger partial charge in [0.25, 0.3) is 5.69 Å². The van der Waals surface area contributed by atoms with Crippen LogP contribution >= 0.6 is 0 Å². The van der Waals surface area contributed by atoms with E-state index in [1.54, 1.807) is 25.3 Å². The topological polar surface area (TPSA) is 74.4 Å². The van der Waals surface area contributed by atoms with Crippen LogP contribution in [-0.2, 0) is 22.7 Å². The predicted molar refractivity (Wildman–Crippen MR) is 94.0 cm³/mol. The molecule has 128 valence electrons. The number of esters is 1. The lowest BCUT2D eigenvalue weighted by atomic mass is 10.1. The van der Waals surface area contributed by atoms with Crippen LogP contribution in [0.3, 0.4) is 0 Å². The molecule has 0 radical (unpaired) electrons. The van der Waals surface area contributed by atoms with E-state index in [1.807, 2.05) is 41.0 Å². The molecule has 0 aliphatic rings. The summed E-state index contributed by atoms with van der Waals surface area (Å²) in [4.78, 5) is 22.9. The van der Waals surface area contributed by atoms with Gasteiger partial charge in [-0.15, -0.1) is 0 Å². The molecule has 0 saturated carbocycles. The highest BCUT2D eigenvalue weighted by Crippen LogP contribution is 2.26. The second-order valence-corrected chi connectivity index (χ2v) is 5.93. The van der Waals surface area contributed by atoms with E-state index in [2.05, 4.69) is 0 Å². The smallest absolute Gasteiger partial charge is 0.310 e. The minimum atomic E-state index is -0.399. The van der Waals surface area contributed by atoms with Crippen LogP contribution in [0, 0.1) is 16.0 Å². The lowest BCUT2D eigenvalue weighted by Gasteiger charge is -2.13. The summed E-state index contributed by atoms with van der Waals surface area (Å²) in [5.41, 5.74) is 1.73. The Morgan fingerprint density at radius 3 is 2.64 bits per heavy atom. The van der Waals surface area contributed by atoms with E-state index in [-0.39, 0.29) is 24.2 Å². The zero-order valence-corrected chi connectivity index (χ0v) is 13.8. The zero-order valence-electron chi connectivity index (χ0n) is 13.8. The van der Waals surface area contributed by atoms with Gasteiger partial charge in [0, 0.05) is 18.8 Å². The number of non-ortho nitro benzene ring substituents is 1. The summed E-state index contributed by atoms with van der Waals surface area (Å²) >= 11 is 0. The molecule has 0 saturated heterocycles. The van der Waals surface area contributed by atoms with Crippen molar-refractivity contribution >= 4 is 22.6 Å². The first-order chi connectivity index (χ1) is 12.1. The molecule has 0 amide bonds. The first-order valence-corrected chi connectivity index (χ1v) is 7.99. The van der Waals surface area contributed by atoms with Crippen molar-refractivity contribution in [1.29, 1.82) is 0 Å². The van der Waals surface area contributed by atoms with Gasteiger partial charge in [-0.25, -0.2) is 0 Å². The number of aromatic nitrogens is 1. The van der Waals surface area contributed by atoms with Crippen LogP contribution in [-0.4, -0.2) is 15.5 Å². The molecule has 6 nitrogen and oxygen atoms in total. The van der Waals surface area contributed by atoms with Crippen LogP contribution in [0.15, 0.2) is 60.8 Å². The Labute approximate surface area is 144 Å². The van der Waals surface area contributed by atoms with E-state index in [9.17, 15) is 14.9 Å². The van der Waals surface area contributed by atoms with Gasteiger partial charge in [-0.2, -0.15) is 0 Å². The third kappa shape index (κ3) is 3.68. The summed E-state index contributed by atoms with van der Waals surface area (Å²) < 4.78 is 7.20. The summed E-state index contributed by atoms with van der Waals surface area (Å²) in [6, 6.07) is 16.1. The summed E-state index contributed by atoms with van der Waals surface area (Å²) in [5.74, 6) is -0.658. The van der Waals surface area contributed by atoms with E-state index < -0.39 is 4.92 Å². The molecule has 1 atom stereocenters. The van der Waals surface area contributed by atoms with Gasteiger partial charge in [0.15, 0.2) is 0 Å². The second kappa shape index (κ2) is 7.17. The first-order valence-electron chi connectivity index (χ1n) is 7.99. The molecule has 0 aliphatic carbocycles. The Hall–Kier alpha value is -3.15. The number of hydrogen-bond acceptors (Lipinski definition) is 4. The van der Waals surface area contributed by atoms with Gasteiger partial charge in [0.05, 0.1) is 21.7 Å². The highest BCUT2D eigenvalue weighted by atomic mass is 16.6. The maximum Gasteiger partial charge on any atom is 0.310 e. The number of benzene rings is 2. The maximum absolute atomic E-state index is 12.2. The monoisotopic (exact) mass is 338 g/mol. The predicted octanol–water partition coefficient (Wildman–Crippen LogP) is 3.93. The number of nitrogens with zero attached hydrogens (tertiary/aromatic N) is 2. The third-order valence-electron chi connectivity index (χ3n) is 4.08. The van der Waals surface area contributed by atoms with Crippen LogP contribution in [0.2, 0.25) is 0 Å². The van der Waals surface area contributed by atoms with Crippen molar-refractivity contribution in [3.05, 3.63) is 76.5 Å². The highest BCUT2D eigenvalue weighted by Gasteiger charge is 2.18. The van der Waals surface area contributed by atoms with Gasteiger partial charge in [-0.3, -0.25) is 14.9 Å². The third-order valence-corrected chi connectivity index (χ3v) is 4.08. The lowest BCUT2D eigenvalue weighted by molar-refractivity contribution is -0.383. The molecule has 25 heavy (non-hydrogen) atoms. The number of carbonyl (C=O) groups excluding carboxylic acids is 1. The SMILES string of the molecule is CC(Cn1ccc2c([N+](=O)[O-])cccc21)C(=O)OCc1ccccc1. The van der Waals surface area contributed by atoms with Crippen LogP contribution in [0.5, 0.6) is 0 Å². The fourth-order valence-electron chi connectivity index (χ4n) is 2.77. The summed E-state index contributed by atoms with van der Waals surface area (Å²) in [6.07, 6.45) is 1.76. The average Bonchev–Trinajstić information content (AvgIpc) is 3.03. The number of ether oxygens (including phenoxy) is 1. The van der Waals surface area contributed by atoms with E-state index in [4.69, 9.17) is 4.74 Å². The quantitative estimate of drug-likeness (QED) is 0.388. The largest absolute Gasteiger partial charge is 0.461 e. The molecule has 0 bridgehead atoms. The van der Waals surface area contributed by atoms with Crippen LogP contribution in [0.25, 0.3) is 10.9 Å². The van der Waals surface area contributed by atoms with Crippen molar-refractivity contribution in [1.82, 2.24) is 4.57 Å². The maximum atomic E-state index is 12.2. The Morgan fingerprint density at radius 1 is 1.16 bits per heavy atom. The average molecular weight is 338 g/mol. The second-order valence-electron chi connectivity index (χ2n) is 5.93. The van der Waals surface area contributed by atoms with Crippen molar-refractivity contribution in [3.63, 3.8) is 0 Å². The number of rotatable bonds is 6. The molecule has 0 spiro atoms. The van der Waals surface area contributed by atoms with E-state index in [0.29, 0.717) is 11.9 Å². The molecule has 0 aliphatic heterocycles. The Bertz CT molecular complexity index is 902. The molecule has 3 rings (SSSR count). The van der Waals surface area contributed by atoms with Crippen molar-refractivity contribution in [2.24, 2.45) is 5.92 Å². The van der Waals surface area contributed by atoms with Crippen LogP contribution < -0.4 is 0 Å². The number of hydrogen-bond donors (Lipinski definition) is 0. The number of nitro groups is 1. The first kappa shape index (κ1) is 16.7. The van der Waals surface area contributed by atoms with E-state index in [0.717, 1.165) is 11.1 Å². The molecule has 1 heterocycles. The molecular formula is C19H18N2O4. The Kier molecular flexibility index (Phi) is 4.79. The Balaban J connectivity index is 1.69. The minimum absolute atomic E-state index is 0.0653. The van der Waals surface area contributed by atoms with Crippen molar-refractivity contribution < 1.29 is 14.5 Å². The van der Waals surface area contributed by atoms with Crippen molar-refractivity contribution in [2.75, 3.05) is 0 Å². The van der Waals surface area contributed by atoms with Gasteiger partial charge in [-0.05, 0) is 17.7 Å². The zero-order chi connectivity index (χ0) is 17.8. The van der Waals surface area contributed by atoms with Gasteiger partial charge in [-0.1, -0.05) is 43.3 Å². The number of fused-ring (bicyclic) bond motifs is 1. The number of nitro benzene ring substituents is 1. The molecule has 1 aromatic heterocycles. The van der Waals surface area contributed by atoms with Gasteiger partial charge < -0.3 is 9.30 Å². The van der Waals surface area contributed by atoms with Gasteiger partial charge in [0.2, 0.25) is 0 Å². The summed E-state index contributed by atoms with van der Waals surface area (Å²) in [6.45, 7) is 2.43. The lowest BCUT2D eigenvalue weighted by Crippen LogP contribution is -2.19. The number of carbonyl (C=O) groups is 1. The fourth-order valence-corrected chi connectivity index (χ4v) is 2.77. The normalized spacial score (nSPS) is 12.0. The standard InChI is InChI=1S/C19H18N2O4/c1-14(19(22)25-13-15-6-3-2-4-7-15)12-20-11-10-16-17(20)8-5-9-18(16)21(23)24/h2-11,14H,12-13H2,1H3. The molecular weight excluding hydrogens is 320 g/mol. The fraction of sp³-hybridized carbons (Fsp3) is 0.211. The minimum Gasteiger partial charge on any atom is -0.461 e. The highest BCUT2D eigenvalue weighted by molar-refractivity contribution is 5.89. The molecule has 6 heteroatoms. The molecule has 2 aromatic carbocycles. The summed E-state index contributed by atoms with van der Waals surface area (Å²) in [7, 11) is 0. The molecule has 1 unspecified atom stereocenters. The summed E-state index contributed by atoms with van der Waals surface area (Å²) in [5, 5.41) is 11.7. The Morgan fingerprint density at radius 2 is 1.92 bits per heavy atom. The molecule has 0 N–H and O–H groups in total.